The molecular formula is C17H26BrN3. The van der Waals surface area contributed by atoms with Gasteiger partial charge in [0.2, 0.25) is 0 Å². The van der Waals surface area contributed by atoms with Crippen molar-refractivity contribution in [3.8, 4) is 0 Å². The van der Waals surface area contributed by atoms with E-state index in [0.29, 0.717) is 0 Å². The first-order valence-electron chi connectivity index (χ1n) is 8.20. The van der Waals surface area contributed by atoms with Gasteiger partial charge in [-0.05, 0) is 37.4 Å². The number of fused-ring (bicyclic) bond motifs is 1. The maximum absolute atomic E-state index is 6.38. The third-order valence-electron chi connectivity index (χ3n) is 4.98. The van der Waals surface area contributed by atoms with E-state index in [4.69, 9.17) is 5.73 Å². The Morgan fingerprint density at radius 3 is 2.90 bits per heavy atom. The van der Waals surface area contributed by atoms with Gasteiger partial charge in [0.05, 0.1) is 0 Å². The van der Waals surface area contributed by atoms with Crippen LogP contribution in [0.15, 0.2) is 28.7 Å². The van der Waals surface area contributed by atoms with Gasteiger partial charge in [0.15, 0.2) is 0 Å². The molecule has 2 atom stereocenters. The summed E-state index contributed by atoms with van der Waals surface area (Å²) >= 11 is 3.61. The monoisotopic (exact) mass is 351 g/mol. The second-order valence-corrected chi connectivity index (χ2v) is 7.26. The van der Waals surface area contributed by atoms with Gasteiger partial charge in [-0.25, -0.2) is 0 Å². The van der Waals surface area contributed by atoms with Gasteiger partial charge in [-0.1, -0.05) is 40.5 Å². The van der Waals surface area contributed by atoms with Gasteiger partial charge in [-0.3, -0.25) is 4.90 Å². The molecule has 2 unspecified atom stereocenters. The summed E-state index contributed by atoms with van der Waals surface area (Å²) < 4.78 is 1.13. The Balaban J connectivity index is 1.50. The Kier molecular flexibility index (Phi) is 5.33. The number of hydrogen-bond donors (Lipinski definition) is 1. The minimum absolute atomic E-state index is 0.130. The van der Waals surface area contributed by atoms with E-state index in [1.807, 2.05) is 6.07 Å². The second-order valence-electron chi connectivity index (χ2n) is 6.40. The number of piperidine rings is 1. The average Bonchev–Trinajstić information content (AvgIpc) is 2.53. The Labute approximate surface area is 136 Å². The maximum Gasteiger partial charge on any atom is 0.0318 e. The largest absolute Gasteiger partial charge is 0.324 e. The van der Waals surface area contributed by atoms with Crippen LogP contribution in [0, 0.1) is 0 Å². The molecule has 0 spiro atoms. The molecule has 0 aromatic heterocycles. The van der Waals surface area contributed by atoms with E-state index in [1.165, 1.54) is 51.0 Å². The van der Waals surface area contributed by atoms with Crippen LogP contribution < -0.4 is 5.73 Å². The summed E-state index contributed by atoms with van der Waals surface area (Å²) in [4.78, 5) is 5.30. The third kappa shape index (κ3) is 3.86. The molecule has 2 aliphatic rings. The highest BCUT2D eigenvalue weighted by Gasteiger charge is 2.28. The van der Waals surface area contributed by atoms with Crippen molar-refractivity contribution in [1.29, 1.82) is 0 Å². The minimum Gasteiger partial charge on any atom is -0.324 e. The summed E-state index contributed by atoms with van der Waals surface area (Å²) in [6.07, 6.45) is 5.22. The van der Waals surface area contributed by atoms with Crippen LogP contribution in [0.5, 0.6) is 0 Å². The summed E-state index contributed by atoms with van der Waals surface area (Å²) in [5.41, 5.74) is 7.61. The Bertz CT molecular complexity index is 465. The predicted octanol–water partition coefficient (Wildman–Crippen LogP) is 3.01. The molecule has 1 aromatic rings. The van der Waals surface area contributed by atoms with E-state index in [2.05, 4.69) is 43.9 Å². The number of nitrogens with zero attached hydrogens (tertiary/aromatic N) is 2. The molecule has 2 saturated heterocycles. The number of piperazine rings is 1. The lowest BCUT2D eigenvalue weighted by Gasteiger charge is -2.44. The van der Waals surface area contributed by atoms with Gasteiger partial charge in [0, 0.05) is 42.7 Å². The normalized spacial score (nSPS) is 25.5. The number of hydrogen-bond acceptors (Lipinski definition) is 3. The van der Waals surface area contributed by atoms with Crippen LogP contribution in [-0.2, 0) is 0 Å². The zero-order valence-electron chi connectivity index (χ0n) is 12.7. The number of rotatable bonds is 4. The van der Waals surface area contributed by atoms with Gasteiger partial charge in [0.1, 0.15) is 0 Å². The van der Waals surface area contributed by atoms with Crippen LogP contribution >= 0.6 is 15.9 Å². The van der Waals surface area contributed by atoms with Crippen LogP contribution in [0.4, 0.5) is 0 Å². The lowest BCUT2D eigenvalue weighted by Crippen LogP contribution is -2.54. The van der Waals surface area contributed by atoms with E-state index in [1.54, 1.807) is 0 Å². The zero-order valence-corrected chi connectivity index (χ0v) is 14.3. The third-order valence-corrected chi connectivity index (χ3v) is 5.70. The summed E-state index contributed by atoms with van der Waals surface area (Å²) in [5, 5.41) is 0. The van der Waals surface area contributed by atoms with Crippen molar-refractivity contribution < 1.29 is 0 Å². The van der Waals surface area contributed by atoms with E-state index >= 15 is 0 Å². The summed E-state index contributed by atoms with van der Waals surface area (Å²) in [7, 11) is 0. The van der Waals surface area contributed by atoms with Crippen LogP contribution in [0.1, 0.15) is 37.3 Å². The number of halogens is 1. The molecule has 0 bridgehead atoms. The van der Waals surface area contributed by atoms with Crippen molar-refractivity contribution in [1.82, 2.24) is 9.80 Å². The van der Waals surface area contributed by atoms with Crippen LogP contribution in [0.3, 0.4) is 0 Å². The fourth-order valence-corrected chi connectivity index (χ4v) is 4.26. The molecule has 0 radical (unpaired) electrons. The molecule has 1 aromatic carbocycles. The van der Waals surface area contributed by atoms with Crippen molar-refractivity contribution in [3.63, 3.8) is 0 Å². The van der Waals surface area contributed by atoms with Gasteiger partial charge in [-0.15, -0.1) is 0 Å². The first kappa shape index (κ1) is 15.5. The molecule has 0 amide bonds. The van der Waals surface area contributed by atoms with Crippen LogP contribution in [0.25, 0.3) is 0 Å². The molecule has 3 rings (SSSR count). The molecule has 0 saturated carbocycles. The molecule has 0 aliphatic carbocycles. The smallest absolute Gasteiger partial charge is 0.0318 e. The fraction of sp³-hybridized carbons (Fsp3) is 0.647. The molecule has 2 heterocycles. The molecule has 2 aliphatic heterocycles. The summed E-state index contributed by atoms with van der Waals surface area (Å²) in [6.45, 7) is 6.12. The minimum atomic E-state index is 0.130. The highest BCUT2D eigenvalue weighted by atomic mass is 79.9. The van der Waals surface area contributed by atoms with Gasteiger partial charge >= 0.3 is 0 Å². The Morgan fingerprint density at radius 2 is 2.05 bits per heavy atom. The molecule has 116 valence electrons. The van der Waals surface area contributed by atoms with Crippen molar-refractivity contribution in [2.45, 2.75) is 37.8 Å². The fourth-order valence-electron chi connectivity index (χ4n) is 3.68. The predicted molar refractivity (Wildman–Crippen MR) is 91.3 cm³/mol. The van der Waals surface area contributed by atoms with E-state index in [9.17, 15) is 0 Å². The lowest BCUT2D eigenvalue weighted by molar-refractivity contribution is 0.0481. The summed E-state index contributed by atoms with van der Waals surface area (Å²) in [5.74, 6) is 0. The zero-order chi connectivity index (χ0) is 14.7. The quantitative estimate of drug-likeness (QED) is 0.904. The number of nitrogens with two attached hydrogens (primary N) is 1. The van der Waals surface area contributed by atoms with Gasteiger partial charge in [0.25, 0.3) is 0 Å². The molecular weight excluding hydrogens is 326 g/mol. The van der Waals surface area contributed by atoms with E-state index < -0.39 is 0 Å². The molecule has 3 nitrogen and oxygen atoms in total. The van der Waals surface area contributed by atoms with Crippen molar-refractivity contribution in [2.24, 2.45) is 5.73 Å². The van der Waals surface area contributed by atoms with Crippen molar-refractivity contribution in [3.05, 3.63) is 34.3 Å². The van der Waals surface area contributed by atoms with Gasteiger partial charge < -0.3 is 10.6 Å². The van der Waals surface area contributed by atoms with Gasteiger partial charge in [-0.2, -0.15) is 0 Å². The highest BCUT2D eigenvalue weighted by Crippen LogP contribution is 2.25. The highest BCUT2D eigenvalue weighted by molar-refractivity contribution is 9.10. The first-order valence-corrected chi connectivity index (χ1v) is 9.00. The van der Waals surface area contributed by atoms with Crippen LogP contribution in [-0.4, -0.2) is 48.6 Å². The topological polar surface area (TPSA) is 32.5 Å². The molecule has 21 heavy (non-hydrogen) atoms. The standard InChI is InChI=1S/C17H26BrN3/c18-16-7-2-1-6-15(16)17(19)8-10-20-11-12-21-9-4-3-5-14(21)13-20/h1-2,6-7,14,17H,3-5,8-13,19H2. The van der Waals surface area contributed by atoms with E-state index in [-0.39, 0.29) is 6.04 Å². The summed E-state index contributed by atoms with van der Waals surface area (Å²) in [6, 6.07) is 9.25. The Hall–Kier alpha value is -0.420. The maximum atomic E-state index is 6.38. The molecule has 2 fully saturated rings. The molecule has 2 N–H and O–H groups in total. The van der Waals surface area contributed by atoms with Crippen molar-refractivity contribution in [2.75, 3.05) is 32.7 Å². The lowest BCUT2D eigenvalue weighted by atomic mass is 9.99. The molecule has 4 heteroatoms. The van der Waals surface area contributed by atoms with E-state index in [0.717, 1.165) is 23.5 Å². The van der Waals surface area contributed by atoms with Crippen LogP contribution in [0.2, 0.25) is 0 Å². The second kappa shape index (κ2) is 7.23. The SMILES string of the molecule is NC(CCN1CCN2CCCCC2C1)c1ccccc1Br. The number of benzene rings is 1. The first-order chi connectivity index (χ1) is 10.2. The Morgan fingerprint density at radius 1 is 1.19 bits per heavy atom. The van der Waals surface area contributed by atoms with Crippen molar-refractivity contribution >= 4 is 15.9 Å². The average molecular weight is 352 g/mol.